The van der Waals surface area contributed by atoms with Crippen molar-refractivity contribution < 1.29 is 9.13 Å². The predicted octanol–water partition coefficient (Wildman–Crippen LogP) is 3.84. The normalized spacial score (nSPS) is 14.3. The van der Waals surface area contributed by atoms with E-state index in [1.54, 1.807) is 13.1 Å². The predicted molar refractivity (Wildman–Crippen MR) is 128 cm³/mol. The van der Waals surface area contributed by atoms with Gasteiger partial charge in [0.25, 0.3) is 0 Å². The first-order valence-electron chi connectivity index (χ1n) is 9.46. The highest BCUT2D eigenvalue weighted by atomic mass is 127. The monoisotopic (exact) mass is 532 g/mol. The molecular formula is C21H27ClFIN4O. The van der Waals surface area contributed by atoms with Gasteiger partial charge in [-0.2, -0.15) is 0 Å². The summed E-state index contributed by atoms with van der Waals surface area (Å²) in [5, 5.41) is 7.24. The summed E-state index contributed by atoms with van der Waals surface area (Å²) in [5.41, 5.74) is 2.59. The molecule has 0 saturated carbocycles. The quantitative estimate of drug-likeness (QED) is 0.337. The first-order valence-corrected chi connectivity index (χ1v) is 9.84. The summed E-state index contributed by atoms with van der Waals surface area (Å²) in [6.45, 7) is 3.91. The van der Waals surface area contributed by atoms with Crippen LogP contribution < -0.4 is 15.5 Å². The molecule has 1 saturated heterocycles. The van der Waals surface area contributed by atoms with E-state index in [9.17, 15) is 4.39 Å². The van der Waals surface area contributed by atoms with E-state index in [2.05, 4.69) is 15.6 Å². The molecule has 0 aromatic heterocycles. The van der Waals surface area contributed by atoms with Gasteiger partial charge in [-0.3, -0.25) is 4.99 Å². The SMILES string of the molecule is CN=C(NCCc1ccccc1Cl)NCc1ccc(N2CCOCC2)c(F)c1.I. The minimum Gasteiger partial charge on any atom is -0.378 e. The minimum atomic E-state index is -0.206. The van der Waals surface area contributed by atoms with Crippen LogP contribution in [0.2, 0.25) is 5.02 Å². The van der Waals surface area contributed by atoms with Crippen LogP contribution in [-0.2, 0) is 17.7 Å². The molecule has 1 heterocycles. The molecule has 5 nitrogen and oxygen atoms in total. The molecule has 158 valence electrons. The van der Waals surface area contributed by atoms with Crippen LogP contribution in [-0.4, -0.2) is 45.9 Å². The molecule has 0 amide bonds. The molecule has 0 spiro atoms. The lowest BCUT2D eigenvalue weighted by Crippen LogP contribution is -2.38. The summed E-state index contributed by atoms with van der Waals surface area (Å²) >= 11 is 6.18. The van der Waals surface area contributed by atoms with Crippen LogP contribution in [0.5, 0.6) is 0 Å². The number of halogens is 3. The Morgan fingerprint density at radius 1 is 1.17 bits per heavy atom. The maximum Gasteiger partial charge on any atom is 0.191 e. The Balaban J connectivity index is 0.00000300. The van der Waals surface area contributed by atoms with Gasteiger partial charge in [0.05, 0.1) is 18.9 Å². The first-order chi connectivity index (χ1) is 13.7. The summed E-state index contributed by atoms with van der Waals surface area (Å²) in [6.07, 6.45) is 0.795. The van der Waals surface area contributed by atoms with Crippen LogP contribution >= 0.6 is 35.6 Å². The Morgan fingerprint density at radius 2 is 1.93 bits per heavy atom. The van der Waals surface area contributed by atoms with Crippen molar-refractivity contribution in [3.63, 3.8) is 0 Å². The van der Waals surface area contributed by atoms with E-state index in [4.69, 9.17) is 16.3 Å². The third-order valence-corrected chi connectivity index (χ3v) is 5.06. The van der Waals surface area contributed by atoms with Crippen LogP contribution in [0.25, 0.3) is 0 Å². The van der Waals surface area contributed by atoms with Gasteiger partial charge in [-0.15, -0.1) is 24.0 Å². The van der Waals surface area contributed by atoms with Gasteiger partial charge in [-0.05, 0) is 35.7 Å². The van der Waals surface area contributed by atoms with Crippen molar-refractivity contribution in [1.82, 2.24) is 10.6 Å². The van der Waals surface area contributed by atoms with Crippen molar-refractivity contribution in [1.29, 1.82) is 0 Å². The number of nitrogens with zero attached hydrogens (tertiary/aromatic N) is 2. The zero-order valence-corrected chi connectivity index (χ0v) is 19.5. The second-order valence-electron chi connectivity index (χ2n) is 6.58. The molecule has 2 N–H and O–H groups in total. The van der Waals surface area contributed by atoms with E-state index in [0.29, 0.717) is 38.0 Å². The molecule has 1 aliphatic rings. The summed E-state index contributed by atoms with van der Waals surface area (Å²) < 4.78 is 19.8. The van der Waals surface area contributed by atoms with Gasteiger partial charge in [-0.25, -0.2) is 4.39 Å². The lowest BCUT2D eigenvalue weighted by Gasteiger charge is -2.29. The number of rotatable bonds is 6. The standard InChI is InChI=1S/C21H26ClFN4O.HI/c1-24-21(25-9-8-17-4-2-3-5-18(17)22)26-15-16-6-7-20(19(23)14-16)27-10-12-28-13-11-27;/h2-7,14H,8-13,15H2,1H3,(H2,24,25,26);1H. The summed E-state index contributed by atoms with van der Waals surface area (Å²) in [4.78, 5) is 6.23. The fourth-order valence-electron chi connectivity index (χ4n) is 3.14. The molecular weight excluding hydrogens is 506 g/mol. The van der Waals surface area contributed by atoms with E-state index in [-0.39, 0.29) is 29.8 Å². The number of hydrogen-bond donors (Lipinski definition) is 2. The third-order valence-electron chi connectivity index (χ3n) is 4.69. The molecule has 1 aliphatic heterocycles. The maximum atomic E-state index is 14.5. The topological polar surface area (TPSA) is 48.9 Å². The highest BCUT2D eigenvalue weighted by molar-refractivity contribution is 14.0. The molecule has 29 heavy (non-hydrogen) atoms. The summed E-state index contributed by atoms with van der Waals surface area (Å²) in [7, 11) is 1.72. The molecule has 0 aliphatic carbocycles. The Labute approximate surface area is 193 Å². The molecule has 0 unspecified atom stereocenters. The molecule has 1 fully saturated rings. The van der Waals surface area contributed by atoms with Crippen molar-refractivity contribution >= 4 is 47.2 Å². The van der Waals surface area contributed by atoms with Gasteiger partial charge in [0.2, 0.25) is 0 Å². The van der Waals surface area contributed by atoms with Gasteiger partial charge in [-0.1, -0.05) is 35.9 Å². The Hall–Kier alpha value is -1.58. The average Bonchev–Trinajstić information content (AvgIpc) is 2.72. The lowest BCUT2D eigenvalue weighted by atomic mass is 10.1. The number of ether oxygens (including phenoxy) is 1. The largest absolute Gasteiger partial charge is 0.378 e. The highest BCUT2D eigenvalue weighted by Gasteiger charge is 2.15. The second-order valence-corrected chi connectivity index (χ2v) is 6.99. The van der Waals surface area contributed by atoms with Gasteiger partial charge < -0.3 is 20.3 Å². The van der Waals surface area contributed by atoms with Crippen molar-refractivity contribution in [3.05, 3.63) is 64.4 Å². The van der Waals surface area contributed by atoms with E-state index in [1.165, 1.54) is 0 Å². The number of morpholine rings is 1. The van der Waals surface area contributed by atoms with Crippen molar-refractivity contribution in [2.75, 3.05) is 44.8 Å². The van der Waals surface area contributed by atoms with Gasteiger partial charge in [0, 0.05) is 38.2 Å². The zero-order chi connectivity index (χ0) is 19.8. The van der Waals surface area contributed by atoms with Crippen LogP contribution in [0.1, 0.15) is 11.1 Å². The fourth-order valence-corrected chi connectivity index (χ4v) is 3.37. The number of guanidine groups is 1. The smallest absolute Gasteiger partial charge is 0.191 e. The molecule has 3 rings (SSSR count). The number of aliphatic imine (C=N–C) groups is 1. The Kier molecular flexibility index (Phi) is 9.96. The Bertz CT molecular complexity index is 815. The van der Waals surface area contributed by atoms with E-state index >= 15 is 0 Å². The number of hydrogen-bond acceptors (Lipinski definition) is 3. The second kappa shape index (κ2) is 12.2. The molecule has 2 aromatic carbocycles. The third kappa shape index (κ3) is 7.01. The van der Waals surface area contributed by atoms with Crippen molar-refractivity contribution in [2.45, 2.75) is 13.0 Å². The van der Waals surface area contributed by atoms with Crippen molar-refractivity contribution in [2.24, 2.45) is 4.99 Å². The highest BCUT2D eigenvalue weighted by Crippen LogP contribution is 2.21. The summed E-state index contributed by atoms with van der Waals surface area (Å²) in [5.74, 6) is 0.465. The summed E-state index contributed by atoms with van der Waals surface area (Å²) in [6, 6.07) is 13.2. The average molecular weight is 533 g/mol. The number of anilines is 1. The lowest BCUT2D eigenvalue weighted by molar-refractivity contribution is 0.122. The first kappa shape index (κ1) is 23.7. The van der Waals surface area contributed by atoms with Gasteiger partial charge in [0.1, 0.15) is 5.82 Å². The number of benzene rings is 2. The maximum absolute atomic E-state index is 14.5. The Morgan fingerprint density at radius 3 is 2.62 bits per heavy atom. The van der Waals surface area contributed by atoms with Gasteiger partial charge >= 0.3 is 0 Å². The molecule has 0 radical (unpaired) electrons. The molecule has 0 bridgehead atoms. The van der Waals surface area contributed by atoms with E-state index in [1.807, 2.05) is 41.3 Å². The molecule has 2 aromatic rings. The van der Waals surface area contributed by atoms with Crippen molar-refractivity contribution in [3.8, 4) is 0 Å². The fraction of sp³-hybridized carbons (Fsp3) is 0.381. The van der Waals surface area contributed by atoms with Crippen LogP contribution in [0, 0.1) is 5.82 Å². The molecule has 8 heteroatoms. The van der Waals surface area contributed by atoms with E-state index in [0.717, 1.165) is 35.7 Å². The van der Waals surface area contributed by atoms with E-state index < -0.39 is 0 Å². The zero-order valence-electron chi connectivity index (χ0n) is 16.5. The number of nitrogens with one attached hydrogen (secondary N) is 2. The minimum absolute atomic E-state index is 0. The van der Waals surface area contributed by atoms with Crippen LogP contribution in [0.4, 0.5) is 10.1 Å². The van der Waals surface area contributed by atoms with Crippen LogP contribution in [0.15, 0.2) is 47.5 Å². The molecule has 0 atom stereocenters. The van der Waals surface area contributed by atoms with Gasteiger partial charge in [0.15, 0.2) is 5.96 Å². The van der Waals surface area contributed by atoms with Crippen LogP contribution in [0.3, 0.4) is 0 Å².